The van der Waals surface area contributed by atoms with E-state index in [2.05, 4.69) is 19.5 Å². The van der Waals surface area contributed by atoms with Crippen LogP contribution in [0, 0.1) is 13.8 Å². The Morgan fingerprint density at radius 2 is 2.07 bits per heavy atom. The van der Waals surface area contributed by atoms with Crippen LogP contribution in [0.1, 0.15) is 11.4 Å². The lowest BCUT2D eigenvalue weighted by Crippen LogP contribution is -2.10. The zero-order valence-electron chi connectivity index (χ0n) is 7.81. The smallest absolute Gasteiger partial charge is 0.224 e. The molecule has 14 heavy (non-hydrogen) atoms. The van der Waals surface area contributed by atoms with E-state index in [0.29, 0.717) is 5.95 Å². The van der Waals surface area contributed by atoms with Crippen LogP contribution in [-0.4, -0.2) is 25.5 Å². The third-order valence-corrected chi connectivity index (χ3v) is 1.68. The minimum absolute atomic E-state index is 0.168. The number of rotatable bonds is 4. The quantitative estimate of drug-likeness (QED) is 0.574. The third kappa shape index (κ3) is 3.77. The first-order chi connectivity index (χ1) is 6.58. The summed E-state index contributed by atoms with van der Waals surface area (Å²) in [6.07, 6.45) is 0. The highest BCUT2D eigenvalue weighted by Crippen LogP contribution is 2.02. The fourth-order valence-corrected chi connectivity index (χ4v) is 1.10. The minimum Gasteiger partial charge on any atom is -0.750 e. The van der Waals surface area contributed by atoms with Gasteiger partial charge in [-0.25, -0.2) is 14.2 Å². The van der Waals surface area contributed by atoms with E-state index in [0.717, 1.165) is 11.4 Å². The van der Waals surface area contributed by atoms with Crippen LogP contribution in [-0.2, 0) is 15.5 Å². The Balaban J connectivity index is 2.54. The molecule has 0 saturated carbocycles. The van der Waals surface area contributed by atoms with Gasteiger partial charge in [0.05, 0.1) is 11.4 Å². The van der Waals surface area contributed by atoms with Gasteiger partial charge in [0.15, 0.2) is 0 Å². The van der Waals surface area contributed by atoms with Crippen molar-refractivity contribution < 1.29 is 12.9 Å². The van der Waals surface area contributed by atoms with Gasteiger partial charge in [0.25, 0.3) is 0 Å². The zero-order chi connectivity index (χ0) is 10.6. The molecule has 7 heteroatoms. The molecule has 0 saturated heterocycles. The first-order valence-electron chi connectivity index (χ1n) is 3.86. The van der Waals surface area contributed by atoms with Crippen LogP contribution in [0.3, 0.4) is 0 Å². The zero-order valence-corrected chi connectivity index (χ0v) is 8.63. The Kier molecular flexibility index (Phi) is 3.93. The molecular weight excluding hydrogens is 206 g/mol. The van der Waals surface area contributed by atoms with Crippen molar-refractivity contribution >= 4 is 17.3 Å². The van der Waals surface area contributed by atoms with Crippen LogP contribution in [0.4, 0.5) is 5.95 Å². The summed E-state index contributed by atoms with van der Waals surface area (Å²) in [5.74, 6) is 0.355. The minimum atomic E-state index is -2.52. The summed E-state index contributed by atoms with van der Waals surface area (Å²) < 4.78 is 24.3. The van der Waals surface area contributed by atoms with Crippen molar-refractivity contribution in [2.75, 3.05) is 12.0 Å². The van der Waals surface area contributed by atoms with Crippen molar-refractivity contribution in [2.24, 2.45) is 0 Å². The summed E-state index contributed by atoms with van der Waals surface area (Å²) in [5, 5.41) is 2.62. The van der Waals surface area contributed by atoms with Crippen LogP contribution < -0.4 is 5.32 Å². The topological polar surface area (TPSA) is 87.2 Å². The Hall–Kier alpha value is -1.05. The highest BCUT2D eigenvalue weighted by Gasteiger charge is 1.97. The fourth-order valence-electron chi connectivity index (χ4n) is 0.947. The Morgan fingerprint density at radius 1 is 1.50 bits per heavy atom. The van der Waals surface area contributed by atoms with Crippen molar-refractivity contribution in [2.45, 2.75) is 13.8 Å². The number of aromatic nitrogens is 2. The van der Waals surface area contributed by atoms with Gasteiger partial charge in [0.2, 0.25) is 5.95 Å². The van der Waals surface area contributed by atoms with E-state index in [1.54, 1.807) is 0 Å². The van der Waals surface area contributed by atoms with Crippen LogP contribution in [0.15, 0.2) is 6.07 Å². The van der Waals surface area contributed by atoms with Gasteiger partial charge in [0.1, 0.15) is 6.73 Å². The summed E-state index contributed by atoms with van der Waals surface area (Å²) in [6, 6.07) is 1.82. The molecule has 0 fully saturated rings. The van der Waals surface area contributed by atoms with Crippen LogP contribution in [0.5, 0.6) is 0 Å². The second-order valence-electron chi connectivity index (χ2n) is 2.62. The molecule has 0 spiro atoms. The summed E-state index contributed by atoms with van der Waals surface area (Å²) in [6.45, 7) is 3.48. The number of anilines is 1. The maximum atomic E-state index is 10.0. The van der Waals surface area contributed by atoms with Crippen molar-refractivity contribution in [3.05, 3.63) is 17.5 Å². The van der Waals surface area contributed by atoms with Crippen molar-refractivity contribution in [3.8, 4) is 0 Å². The molecule has 0 bridgehead atoms. The Morgan fingerprint density at radius 3 is 2.57 bits per heavy atom. The average molecular weight is 216 g/mol. The monoisotopic (exact) mass is 216 g/mol. The van der Waals surface area contributed by atoms with E-state index in [4.69, 9.17) is 0 Å². The molecule has 0 aliphatic carbocycles. The van der Waals surface area contributed by atoms with E-state index in [1.165, 1.54) is 0 Å². The van der Waals surface area contributed by atoms with Gasteiger partial charge >= 0.3 is 0 Å². The largest absolute Gasteiger partial charge is 0.750 e. The van der Waals surface area contributed by atoms with Crippen LogP contribution >= 0.6 is 0 Å². The first-order valence-corrected chi connectivity index (χ1v) is 4.86. The summed E-state index contributed by atoms with van der Waals surface area (Å²) in [5.41, 5.74) is 1.62. The lowest BCUT2D eigenvalue weighted by molar-refractivity contribution is 0.322. The maximum absolute atomic E-state index is 10.0. The summed E-state index contributed by atoms with van der Waals surface area (Å²) in [7, 11) is 0. The van der Waals surface area contributed by atoms with Gasteiger partial charge < -0.3 is 9.87 Å². The van der Waals surface area contributed by atoms with Crippen LogP contribution in [0.25, 0.3) is 0 Å². The highest BCUT2D eigenvalue weighted by atomic mass is 32.2. The predicted molar refractivity (Wildman–Crippen MR) is 50.0 cm³/mol. The fraction of sp³-hybridized carbons (Fsp3) is 0.429. The molecule has 1 aromatic heterocycles. The number of nitrogens with zero attached hydrogens (tertiary/aromatic N) is 2. The van der Waals surface area contributed by atoms with Crippen LogP contribution in [0.2, 0.25) is 0 Å². The number of nitrogens with one attached hydrogen (secondary N) is 1. The number of aryl methyl sites for hydroxylation is 2. The molecule has 1 atom stereocenters. The van der Waals surface area contributed by atoms with Crippen molar-refractivity contribution in [1.29, 1.82) is 0 Å². The van der Waals surface area contributed by atoms with E-state index in [1.807, 2.05) is 19.9 Å². The van der Waals surface area contributed by atoms with E-state index >= 15 is 0 Å². The molecule has 1 aromatic rings. The van der Waals surface area contributed by atoms with Gasteiger partial charge in [-0.1, -0.05) is 0 Å². The Labute approximate surface area is 84.2 Å². The predicted octanol–water partition coefficient (Wildman–Crippen LogP) is 0.274. The van der Waals surface area contributed by atoms with Crippen molar-refractivity contribution in [1.82, 2.24) is 9.97 Å². The summed E-state index contributed by atoms with van der Waals surface area (Å²) in [4.78, 5) is 8.06. The molecule has 6 nitrogen and oxygen atoms in total. The molecule has 0 aromatic carbocycles. The SMILES string of the molecule is Cc1cc(C)nc(NCOS(=O)[O-])n1. The lowest BCUT2D eigenvalue weighted by Gasteiger charge is -2.08. The van der Waals surface area contributed by atoms with E-state index in [-0.39, 0.29) is 6.73 Å². The molecular formula is C7H10N3O3S-. The summed E-state index contributed by atoms with van der Waals surface area (Å²) >= 11 is -2.52. The molecule has 0 radical (unpaired) electrons. The lowest BCUT2D eigenvalue weighted by atomic mass is 10.4. The van der Waals surface area contributed by atoms with Gasteiger partial charge in [-0.3, -0.25) is 4.18 Å². The molecule has 1 rings (SSSR count). The third-order valence-electron chi connectivity index (χ3n) is 1.37. The second-order valence-corrected chi connectivity index (χ2v) is 3.26. The van der Waals surface area contributed by atoms with Gasteiger partial charge in [0, 0.05) is 11.4 Å². The standard InChI is InChI=1S/C7H11N3O3S/c1-5-3-6(2)10-7(9-5)8-4-13-14(11)12/h3H,4H2,1-2H3,(H,11,12)(H,8,9,10)/p-1. The van der Waals surface area contributed by atoms with E-state index < -0.39 is 11.4 Å². The van der Waals surface area contributed by atoms with Gasteiger partial charge in [-0.05, 0) is 19.9 Å². The van der Waals surface area contributed by atoms with Gasteiger partial charge in [-0.15, -0.1) is 0 Å². The normalized spacial score (nSPS) is 12.5. The highest BCUT2D eigenvalue weighted by molar-refractivity contribution is 7.74. The average Bonchev–Trinajstić information content (AvgIpc) is 2.01. The molecule has 0 amide bonds. The molecule has 1 heterocycles. The van der Waals surface area contributed by atoms with Crippen molar-refractivity contribution in [3.63, 3.8) is 0 Å². The molecule has 1 unspecified atom stereocenters. The number of hydrogen-bond donors (Lipinski definition) is 1. The second kappa shape index (κ2) is 4.99. The molecule has 1 N–H and O–H groups in total. The first kappa shape index (κ1) is 11.0. The Bertz CT molecular complexity index is 325. The number of hydrogen-bond acceptors (Lipinski definition) is 6. The maximum Gasteiger partial charge on any atom is 0.224 e. The van der Waals surface area contributed by atoms with Gasteiger partial charge in [-0.2, -0.15) is 0 Å². The van der Waals surface area contributed by atoms with E-state index in [9.17, 15) is 8.76 Å². The molecule has 0 aliphatic heterocycles. The molecule has 0 aliphatic rings. The molecule has 78 valence electrons.